The summed E-state index contributed by atoms with van der Waals surface area (Å²) in [4.78, 5) is 0. The van der Waals surface area contributed by atoms with Crippen molar-refractivity contribution in [3.05, 3.63) is 23.4 Å². The fourth-order valence-corrected chi connectivity index (χ4v) is 1.83. The third kappa shape index (κ3) is 5.21. The van der Waals surface area contributed by atoms with E-state index < -0.39 is 0 Å². The summed E-state index contributed by atoms with van der Waals surface area (Å²) < 4.78 is 0. The van der Waals surface area contributed by atoms with E-state index in [4.69, 9.17) is 5.73 Å². The van der Waals surface area contributed by atoms with Crippen molar-refractivity contribution in [3.8, 4) is 0 Å². The van der Waals surface area contributed by atoms with E-state index in [1.165, 1.54) is 0 Å². The lowest BCUT2D eigenvalue weighted by molar-refractivity contribution is 0.219. The minimum absolute atomic E-state index is 0.0428. The molecule has 0 aromatic carbocycles. The van der Waals surface area contributed by atoms with Crippen molar-refractivity contribution in [1.82, 2.24) is 5.32 Å². The quantitative estimate of drug-likeness (QED) is 0.467. The normalized spacial score (nSPS) is 14.4. The van der Waals surface area contributed by atoms with E-state index in [1.54, 1.807) is 0 Å². The molecule has 0 unspecified atom stereocenters. The summed E-state index contributed by atoms with van der Waals surface area (Å²) in [6, 6.07) is -0.0558. The van der Waals surface area contributed by atoms with Crippen molar-refractivity contribution in [1.29, 1.82) is 0 Å². The molecular weight excluding hydrogens is 228 g/mol. The molecule has 0 rings (SSSR count). The van der Waals surface area contributed by atoms with E-state index in [1.807, 2.05) is 13.8 Å². The van der Waals surface area contributed by atoms with E-state index in [0.717, 1.165) is 24.0 Å². The molecule has 0 aliphatic carbocycles. The molecule has 0 amide bonds. The SMILES string of the molecule is C=C(N[C@@H](CO)C(C)C)C(CO)=C(CN)CCC. The van der Waals surface area contributed by atoms with Crippen LogP contribution < -0.4 is 11.1 Å². The third-order valence-electron chi connectivity index (χ3n) is 3.11. The van der Waals surface area contributed by atoms with Crippen molar-refractivity contribution < 1.29 is 10.2 Å². The predicted octanol–water partition coefficient (Wildman–Crippen LogP) is 1.15. The number of aliphatic hydroxyl groups excluding tert-OH is 2. The van der Waals surface area contributed by atoms with Gasteiger partial charge in [-0.15, -0.1) is 0 Å². The van der Waals surface area contributed by atoms with Gasteiger partial charge in [-0.3, -0.25) is 0 Å². The highest BCUT2D eigenvalue weighted by Crippen LogP contribution is 2.16. The molecule has 0 aliphatic heterocycles. The standard InChI is InChI=1S/C14H28N2O2/c1-5-6-12(7-15)13(8-17)11(4)16-14(9-18)10(2)3/h10,14,16-18H,4-9,15H2,1-3H3/t14-/m0/s1. The van der Waals surface area contributed by atoms with Crippen LogP contribution in [0.25, 0.3) is 0 Å². The van der Waals surface area contributed by atoms with Gasteiger partial charge in [0.05, 0.1) is 19.3 Å². The summed E-state index contributed by atoms with van der Waals surface area (Å²) >= 11 is 0. The van der Waals surface area contributed by atoms with Gasteiger partial charge in [0.25, 0.3) is 0 Å². The second kappa shape index (κ2) is 9.14. The molecule has 0 saturated heterocycles. The fraction of sp³-hybridized carbons (Fsp3) is 0.714. The van der Waals surface area contributed by atoms with Gasteiger partial charge in [-0.25, -0.2) is 0 Å². The molecule has 0 radical (unpaired) electrons. The van der Waals surface area contributed by atoms with Crippen LogP contribution in [-0.2, 0) is 0 Å². The molecule has 0 bridgehead atoms. The lowest BCUT2D eigenvalue weighted by Crippen LogP contribution is -2.37. The van der Waals surface area contributed by atoms with E-state index >= 15 is 0 Å². The Labute approximate surface area is 111 Å². The molecule has 0 saturated carbocycles. The summed E-state index contributed by atoms with van der Waals surface area (Å²) in [6.45, 7) is 10.5. The first-order chi connectivity index (χ1) is 8.51. The van der Waals surface area contributed by atoms with Gasteiger partial charge >= 0.3 is 0 Å². The van der Waals surface area contributed by atoms with E-state index in [9.17, 15) is 10.2 Å². The number of nitrogens with two attached hydrogens (primary N) is 1. The minimum atomic E-state index is -0.0748. The predicted molar refractivity (Wildman–Crippen MR) is 76.1 cm³/mol. The highest BCUT2D eigenvalue weighted by atomic mass is 16.3. The number of hydrogen-bond donors (Lipinski definition) is 4. The first kappa shape index (κ1) is 17.2. The lowest BCUT2D eigenvalue weighted by atomic mass is 9.99. The number of nitrogens with one attached hydrogen (secondary N) is 1. The Morgan fingerprint density at radius 1 is 1.33 bits per heavy atom. The summed E-state index contributed by atoms with van der Waals surface area (Å²) in [5, 5.41) is 21.9. The van der Waals surface area contributed by atoms with Crippen molar-refractivity contribution in [2.45, 2.75) is 39.7 Å². The van der Waals surface area contributed by atoms with Gasteiger partial charge in [0.1, 0.15) is 0 Å². The van der Waals surface area contributed by atoms with Gasteiger partial charge in [-0.2, -0.15) is 0 Å². The van der Waals surface area contributed by atoms with Crippen molar-refractivity contribution >= 4 is 0 Å². The van der Waals surface area contributed by atoms with E-state index in [0.29, 0.717) is 18.2 Å². The maximum atomic E-state index is 9.47. The molecule has 4 nitrogen and oxygen atoms in total. The Hall–Kier alpha value is -0.840. The molecular formula is C14H28N2O2. The molecule has 0 aliphatic rings. The lowest BCUT2D eigenvalue weighted by Gasteiger charge is -2.24. The topological polar surface area (TPSA) is 78.5 Å². The minimum Gasteiger partial charge on any atom is -0.394 e. The van der Waals surface area contributed by atoms with Crippen molar-refractivity contribution in [2.24, 2.45) is 11.7 Å². The van der Waals surface area contributed by atoms with Gasteiger partial charge in [0.2, 0.25) is 0 Å². The summed E-state index contributed by atoms with van der Waals surface area (Å²) in [7, 11) is 0. The van der Waals surface area contributed by atoms with Gasteiger partial charge in [0, 0.05) is 17.8 Å². The van der Waals surface area contributed by atoms with Crippen LogP contribution in [0.1, 0.15) is 33.6 Å². The Morgan fingerprint density at radius 2 is 1.94 bits per heavy atom. The molecule has 5 N–H and O–H groups in total. The Kier molecular flexibility index (Phi) is 8.71. The Morgan fingerprint density at radius 3 is 2.28 bits per heavy atom. The number of rotatable bonds is 9. The fourth-order valence-electron chi connectivity index (χ4n) is 1.83. The van der Waals surface area contributed by atoms with Gasteiger partial charge < -0.3 is 21.3 Å². The van der Waals surface area contributed by atoms with Crippen LogP contribution in [0, 0.1) is 5.92 Å². The molecule has 0 aromatic heterocycles. The van der Waals surface area contributed by atoms with Crippen LogP contribution in [0.15, 0.2) is 23.4 Å². The maximum Gasteiger partial charge on any atom is 0.0701 e. The number of aliphatic hydroxyl groups is 2. The van der Waals surface area contributed by atoms with Crippen molar-refractivity contribution in [2.75, 3.05) is 19.8 Å². The zero-order valence-corrected chi connectivity index (χ0v) is 11.9. The van der Waals surface area contributed by atoms with Crippen LogP contribution in [0.4, 0.5) is 0 Å². The number of hydrogen-bond acceptors (Lipinski definition) is 4. The summed E-state index contributed by atoms with van der Waals surface area (Å²) in [6.07, 6.45) is 1.84. The molecule has 18 heavy (non-hydrogen) atoms. The van der Waals surface area contributed by atoms with Crippen LogP contribution in [0.3, 0.4) is 0 Å². The largest absolute Gasteiger partial charge is 0.394 e. The highest BCUT2D eigenvalue weighted by Gasteiger charge is 2.15. The average Bonchev–Trinajstić information content (AvgIpc) is 2.35. The molecule has 1 atom stereocenters. The van der Waals surface area contributed by atoms with Crippen LogP contribution in [-0.4, -0.2) is 36.0 Å². The Balaban J connectivity index is 4.89. The highest BCUT2D eigenvalue weighted by molar-refractivity contribution is 5.33. The first-order valence-corrected chi connectivity index (χ1v) is 6.60. The molecule has 0 heterocycles. The van der Waals surface area contributed by atoms with Crippen LogP contribution in [0.5, 0.6) is 0 Å². The second-order valence-electron chi connectivity index (χ2n) is 4.85. The molecule has 0 aromatic rings. The van der Waals surface area contributed by atoms with E-state index in [2.05, 4.69) is 18.8 Å². The summed E-state index contributed by atoms with van der Waals surface area (Å²) in [5.74, 6) is 0.291. The zero-order chi connectivity index (χ0) is 14.1. The monoisotopic (exact) mass is 256 g/mol. The van der Waals surface area contributed by atoms with Gasteiger partial charge in [0.15, 0.2) is 0 Å². The van der Waals surface area contributed by atoms with Crippen LogP contribution in [0.2, 0.25) is 0 Å². The first-order valence-electron chi connectivity index (χ1n) is 6.60. The van der Waals surface area contributed by atoms with Gasteiger partial charge in [-0.1, -0.05) is 33.8 Å². The Bertz CT molecular complexity index is 286. The average molecular weight is 256 g/mol. The maximum absolute atomic E-state index is 9.47. The van der Waals surface area contributed by atoms with Gasteiger partial charge in [-0.05, 0) is 17.9 Å². The molecule has 0 spiro atoms. The molecule has 4 heteroatoms. The zero-order valence-electron chi connectivity index (χ0n) is 11.9. The second-order valence-corrected chi connectivity index (χ2v) is 4.85. The van der Waals surface area contributed by atoms with Crippen LogP contribution >= 0.6 is 0 Å². The third-order valence-corrected chi connectivity index (χ3v) is 3.11. The van der Waals surface area contributed by atoms with Crippen molar-refractivity contribution in [3.63, 3.8) is 0 Å². The smallest absolute Gasteiger partial charge is 0.0701 e. The molecule has 0 fully saturated rings. The molecule has 106 valence electrons. The summed E-state index contributed by atoms with van der Waals surface area (Å²) in [5.41, 5.74) is 8.18. The van der Waals surface area contributed by atoms with E-state index in [-0.39, 0.29) is 19.3 Å².